The maximum Gasteiger partial charge on any atom is 0.0468 e. The fourth-order valence-electron chi connectivity index (χ4n) is 7.98. The summed E-state index contributed by atoms with van der Waals surface area (Å²) in [7, 11) is 0. The Morgan fingerprint density at radius 2 is 0.642 bits per heavy atom. The molecule has 0 saturated heterocycles. The summed E-state index contributed by atoms with van der Waals surface area (Å²) in [6.45, 7) is 13.6. The Labute approximate surface area is 314 Å². The van der Waals surface area contributed by atoms with Gasteiger partial charge in [0.25, 0.3) is 0 Å². The molecular weight excluding hydrogens is 639 g/mol. The van der Waals surface area contributed by atoms with Crippen molar-refractivity contribution in [1.82, 2.24) is 0 Å². The zero-order valence-corrected chi connectivity index (χ0v) is 31.5. The van der Waals surface area contributed by atoms with E-state index in [-0.39, 0.29) is 10.8 Å². The number of benzene rings is 8. The Morgan fingerprint density at radius 3 is 1.04 bits per heavy atom. The molecule has 1 heteroatoms. The van der Waals surface area contributed by atoms with Crippen LogP contribution >= 0.6 is 0 Å². The maximum absolute atomic E-state index is 2.41. The first-order chi connectivity index (χ1) is 25.5. The molecule has 0 aliphatic heterocycles. The number of nitrogens with zero attached hydrogens (tertiary/aromatic N) is 1. The summed E-state index contributed by atoms with van der Waals surface area (Å²) in [5, 5.41) is 5.05. The largest absolute Gasteiger partial charge is 0.310 e. The molecule has 0 N–H and O–H groups in total. The lowest BCUT2D eigenvalue weighted by molar-refractivity contribution is 0.590. The van der Waals surface area contributed by atoms with Gasteiger partial charge < -0.3 is 4.90 Å². The van der Waals surface area contributed by atoms with Crippen molar-refractivity contribution in [2.24, 2.45) is 0 Å². The molecule has 1 aliphatic carbocycles. The molecule has 0 saturated carbocycles. The van der Waals surface area contributed by atoms with Crippen LogP contribution in [0.4, 0.5) is 17.1 Å². The molecule has 1 nitrogen and oxygen atoms in total. The van der Waals surface area contributed by atoms with Crippen LogP contribution in [0.2, 0.25) is 0 Å². The zero-order valence-electron chi connectivity index (χ0n) is 31.5. The smallest absolute Gasteiger partial charge is 0.0468 e. The van der Waals surface area contributed by atoms with Gasteiger partial charge in [-0.1, -0.05) is 133 Å². The van der Waals surface area contributed by atoms with Crippen LogP contribution in [0.1, 0.15) is 52.7 Å². The topological polar surface area (TPSA) is 3.24 Å². The van der Waals surface area contributed by atoms with Crippen LogP contribution in [-0.4, -0.2) is 0 Å². The van der Waals surface area contributed by atoms with E-state index in [9.17, 15) is 0 Å². The van der Waals surface area contributed by atoms with Gasteiger partial charge in [0.1, 0.15) is 0 Å². The highest BCUT2D eigenvalue weighted by Gasteiger charge is 2.25. The summed E-state index contributed by atoms with van der Waals surface area (Å²) >= 11 is 0. The zero-order chi connectivity index (χ0) is 36.5. The molecule has 258 valence electrons. The monoisotopic (exact) mass is 683 g/mol. The molecule has 1 aliphatic rings. The highest BCUT2D eigenvalue weighted by Crippen LogP contribution is 2.52. The van der Waals surface area contributed by atoms with Gasteiger partial charge in [0.15, 0.2) is 0 Å². The molecule has 0 radical (unpaired) electrons. The number of anilines is 3. The van der Waals surface area contributed by atoms with Crippen LogP contribution in [0.15, 0.2) is 164 Å². The highest BCUT2D eigenvalue weighted by molar-refractivity contribution is 6.13. The Balaban J connectivity index is 1.14. The molecule has 8 aromatic carbocycles. The van der Waals surface area contributed by atoms with Gasteiger partial charge in [-0.3, -0.25) is 0 Å². The fourth-order valence-corrected chi connectivity index (χ4v) is 7.98. The number of fused-ring (bicyclic) bond motifs is 6. The quantitative estimate of drug-likeness (QED) is 0.175. The third kappa shape index (κ3) is 5.91. The normalized spacial score (nSPS) is 12.3. The van der Waals surface area contributed by atoms with E-state index in [0.717, 1.165) is 17.1 Å². The molecule has 0 atom stereocenters. The third-order valence-electron chi connectivity index (χ3n) is 11.1. The molecule has 0 fully saturated rings. The van der Waals surface area contributed by atoms with E-state index in [4.69, 9.17) is 0 Å². The minimum atomic E-state index is 0.0947. The van der Waals surface area contributed by atoms with Gasteiger partial charge in [0.2, 0.25) is 0 Å². The highest BCUT2D eigenvalue weighted by atomic mass is 15.1. The summed E-state index contributed by atoms with van der Waals surface area (Å²) in [6, 6.07) is 61.1. The van der Waals surface area contributed by atoms with Gasteiger partial charge >= 0.3 is 0 Å². The van der Waals surface area contributed by atoms with E-state index in [0.29, 0.717) is 0 Å². The summed E-state index contributed by atoms with van der Waals surface area (Å²) in [4.78, 5) is 2.40. The van der Waals surface area contributed by atoms with Crippen LogP contribution in [0.25, 0.3) is 66.1 Å². The molecule has 0 spiro atoms. The maximum atomic E-state index is 2.41. The molecule has 0 amide bonds. The van der Waals surface area contributed by atoms with E-state index >= 15 is 0 Å². The summed E-state index contributed by atoms with van der Waals surface area (Å²) in [5.74, 6) is 0. The van der Waals surface area contributed by atoms with Crippen molar-refractivity contribution in [3.63, 3.8) is 0 Å². The van der Waals surface area contributed by atoms with Crippen molar-refractivity contribution in [3.05, 3.63) is 175 Å². The lowest BCUT2D eigenvalue weighted by atomic mass is 9.77. The lowest BCUT2D eigenvalue weighted by Crippen LogP contribution is -2.14. The fraction of sp³-hybridized carbons (Fsp3) is 0.154. The second kappa shape index (κ2) is 12.3. The van der Waals surface area contributed by atoms with E-state index in [1.54, 1.807) is 0 Å². The van der Waals surface area contributed by atoms with Crippen LogP contribution < -0.4 is 4.90 Å². The molecule has 9 rings (SSSR count). The first kappa shape index (κ1) is 33.0. The van der Waals surface area contributed by atoms with Gasteiger partial charge in [-0.05, 0) is 161 Å². The number of hydrogen-bond acceptors (Lipinski definition) is 1. The van der Waals surface area contributed by atoms with E-state index in [1.807, 2.05) is 0 Å². The van der Waals surface area contributed by atoms with Gasteiger partial charge in [-0.2, -0.15) is 0 Å². The average Bonchev–Trinajstić information content (AvgIpc) is 3.16. The van der Waals surface area contributed by atoms with Crippen molar-refractivity contribution in [3.8, 4) is 44.5 Å². The number of hydrogen-bond donors (Lipinski definition) is 0. The molecule has 0 bridgehead atoms. The van der Waals surface area contributed by atoms with Crippen molar-refractivity contribution in [2.45, 2.75) is 52.4 Å². The summed E-state index contributed by atoms with van der Waals surface area (Å²) < 4.78 is 0. The minimum absolute atomic E-state index is 0.0947. The predicted octanol–water partition coefficient (Wildman–Crippen LogP) is 15.0. The first-order valence-corrected chi connectivity index (χ1v) is 18.8. The minimum Gasteiger partial charge on any atom is -0.310 e. The second-order valence-corrected chi connectivity index (χ2v) is 16.7. The van der Waals surface area contributed by atoms with Gasteiger partial charge in [-0.15, -0.1) is 0 Å². The van der Waals surface area contributed by atoms with Crippen molar-refractivity contribution in [1.29, 1.82) is 0 Å². The van der Waals surface area contributed by atoms with Crippen LogP contribution in [-0.2, 0) is 10.8 Å². The number of rotatable bonds is 5. The average molecular weight is 684 g/mol. The van der Waals surface area contributed by atoms with Crippen molar-refractivity contribution >= 4 is 38.6 Å². The molecule has 0 unspecified atom stereocenters. The third-order valence-corrected chi connectivity index (χ3v) is 11.1. The van der Waals surface area contributed by atoms with Gasteiger partial charge in [0, 0.05) is 17.1 Å². The SMILES string of the molecule is CC(C)(C)c1ccc(N(c2ccc(C(C)(C)C)cc2)c2ccc3cc4c(cc3c2)-c2cc3cc(-c5ccccc5)c(-c5ccccc5)cc3cc2-4)cc1. The summed E-state index contributed by atoms with van der Waals surface area (Å²) in [5.41, 5.74) is 16.7. The predicted molar refractivity (Wildman–Crippen MR) is 229 cm³/mol. The Morgan fingerprint density at radius 1 is 0.302 bits per heavy atom. The molecule has 0 heterocycles. The Kier molecular flexibility index (Phi) is 7.68. The molecule has 53 heavy (non-hydrogen) atoms. The van der Waals surface area contributed by atoms with Crippen molar-refractivity contribution < 1.29 is 0 Å². The lowest BCUT2D eigenvalue weighted by Gasteiger charge is -2.29. The van der Waals surface area contributed by atoms with Gasteiger partial charge in [-0.25, -0.2) is 0 Å². The van der Waals surface area contributed by atoms with E-state index in [1.165, 1.54) is 77.2 Å². The van der Waals surface area contributed by atoms with E-state index in [2.05, 4.69) is 210 Å². The van der Waals surface area contributed by atoms with Crippen LogP contribution in [0.3, 0.4) is 0 Å². The standard InChI is InChI=1S/C52H45N/c1-51(2,3)40-18-23-42(24-19-40)53(43-25-20-41(21-26-43)52(4,5)6)44-22-17-36-28-47-48(31-37(36)27-44)50-33-39-30-46(35-15-11-8-12-16-35)45(29-38(39)32-49(47)50)34-13-9-7-10-14-34/h7-33H,1-6H3. The molecule has 0 aromatic heterocycles. The van der Waals surface area contributed by atoms with Crippen molar-refractivity contribution in [2.75, 3.05) is 4.90 Å². The van der Waals surface area contributed by atoms with E-state index < -0.39 is 0 Å². The van der Waals surface area contributed by atoms with Crippen LogP contribution in [0.5, 0.6) is 0 Å². The first-order valence-electron chi connectivity index (χ1n) is 18.8. The summed E-state index contributed by atoms with van der Waals surface area (Å²) in [6.07, 6.45) is 0. The Hall–Kier alpha value is -5.92. The second-order valence-electron chi connectivity index (χ2n) is 16.7. The van der Waals surface area contributed by atoms with Crippen LogP contribution in [0, 0.1) is 0 Å². The molecular formula is C52H45N. The molecule has 8 aromatic rings. The Bertz CT molecular complexity index is 2580. The van der Waals surface area contributed by atoms with Gasteiger partial charge in [0.05, 0.1) is 0 Å².